The molecule has 0 bridgehead atoms. The molecular weight excluding hydrogens is 210 g/mol. The minimum Gasteiger partial charge on any atom is -0.325 e. The Morgan fingerprint density at radius 2 is 2.12 bits per heavy atom. The van der Waals surface area contributed by atoms with Crippen LogP contribution in [0.15, 0.2) is 18.2 Å². The topological polar surface area (TPSA) is 29.1 Å². The number of para-hydroxylation sites is 1. The third-order valence-corrected chi connectivity index (χ3v) is 4.38. The second kappa shape index (κ2) is 3.86. The Balaban J connectivity index is 1.97. The molecule has 0 aromatic heterocycles. The molecule has 3 atom stereocenters. The van der Waals surface area contributed by atoms with Gasteiger partial charge in [-0.2, -0.15) is 0 Å². The summed E-state index contributed by atoms with van der Waals surface area (Å²) in [6, 6.07) is 6.26. The van der Waals surface area contributed by atoms with Crippen molar-refractivity contribution in [3.05, 3.63) is 29.3 Å². The number of fused-ring (bicyclic) bond motifs is 1. The molecule has 2 heteroatoms. The highest BCUT2D eigenvalue weighted by molar-refractivity contribution is 6.03. The Bertz CT molecular complexity index is 466. The van der Waals surface area contributed by atoms with E-state index in [2.05, 4.69) is 37.4 Å². The summed E-state index contributed by atoms with van der Waals surface area (Å²) in [6.07, 6.45) is 3.67. The molecule has 1 aromatic rings. The fourth-order valence-corrected chi connectivity index (χ4v) is 3.48. The highest BCUT2D eigenvalue weighted by atomic mass is 16.2. The summed E-state index contributed by atoms with van der Waals surface area (Å²) in [5.41, 5.74) is 3.49. The van der Waals surface area contributed by atoms with Gasteiger partial charge in [-0.1, -0.05) is 31.5 Å². The van der Waals surface area contributed by atoms with Crippen LogP contribution in [0.4, 0.5) is 5.69 Å². The smallest absolute Gasteiger partial charge is 0.232 e. The number of aryl methyl sites for hydroxylation is 1. The Morgan fingerprint density at radius 1 is 1.29 bits per heavy atom. The molecule has 1 aliphatic heterocycles. The standard InChI is InChI=1S/C15H19NO/c1-9-6-7-11(8-9)13-12-5-3-4-10(2)14(12)16-15(13)17/h3-5,9,11,13H,6-8H2,1-2H3,(H,16,17). The molecule has 0 spiro atoms. The van der Waals surface area contributed by atoms with Gasteiger partial charge in [-0.25, -0.2) is 0 Å². The summed E-state index contributed by atoms with van der Waals surface area (Å²) in [7, 11) is 0. The first-order valence-corrected chi connectivity index (χ1v) is 6.57. The Kier molecular flexibility index (Phi) is 2.46. The number of rotatable bonds is 1. The van der Waals surface area contributed by atoms with E-state index in [4.69, 9.17) is 0 Å². The maximum absolute atomic E-state index is 12.2. The number of anilines is 1. The highest BCUT2D eigenvalue weighted by Gasteiger charge is 2.39. The number of carbonyl (C=O) groups is 1. The summed E-state index contributed by atoms with van der Waals surface area (Å²) < 4.78 is 0. The largest absolute Gasteiger partial charge is 0.325 e. The number of hydrogen-bond donors (Lipinski definition) is 1. The minimum absolute atomic E-state index is 0.106. The molecular formula is C15H19NO. The quantitative estimate of drug-likeness (QED) is 0.785. The average molecular weight is 229 g/mol. The normalized spacial score (nSPS) is 31.4. The van der Waals surface area contributed by atoms with Gasteiger partial charge >= 0.3 is 0 Å². The monoisotopic (exact) mass is 229 g/mol. The van der Waals surface area contributed by atoms with Crippen LogP contribution < -0.4 is 5.32 Å². The maximum atomic E-state index is 12.2. The van der Waals surface area contributed by atoms with Crippen LogP contribution in [0.1, 0.15) is 43.2 Å². The molecule has 1 aliphatic carbocycles. The van der Waals surface area contributed by atoms with Gasteiger partial charge in [0.05, 0.1) is 5.92 Å². The van der Waals surface area contributed by atoms with Gasteiger partial charge in [-0.15, -0.1) is 0 Å². The Labute approximate surface area is 102 Å². The van der Waals surface area contributed by atoms with Crippen LogP contribution in [0.5, 0.6) is 0 Å². The molecule has 3 rings (SSSR count). The van der Waals surface area contributed by atoms with E-state index < -0.39 is 0 Å². The van der Waals surface area contributed by atoms with Crippen LogP contribution in [0.2, 0.25) is 0 Å². The molecule has 1 heterocycles. The van der Waals surface area contributed by atoms with Crippen molar-refractivity contribution in [2.45, 2.75) is 39.0 Å². The molecule has 1 amide bonds. The van der Waals surface area contributed by atoms with Crippen molar-refractivity contribution in [1.29, 1.82) is 0 Å². The van der Waals surface area contributed by atoms with Crippen molar-refractivity contribution in [2.75, 3.05) is 5.32 Å². The zero-order chi connectivity index (χ0) is 12.0. The Hall–Kier alpha value is -1.31. The summed E-state index contributed by atoms with van der Waals surface area (Å²) in [4.78, 5) is 12.2. The van der Waals surface area contributed by atoms with Gasteiger partial charge in [0.15, 0.2) is 0 Å². The van der Waals surface area contributed by atoms with Gasteiger partial charge in [-0.3, -0.25) is 4.79 Å². The van der Waals surface area contributed by atoms with E-state index in [-0.39, 0.29) is 11.8 Å². The number of hydrogen-bond acceptors (Lipinski definition) is 1. The first kappa shape index (κ1) is 10.8. The molecule has 1 saturated carbocycles. The summed E-state index contributed by atoms with van der Waals surface area (Å²) in [6.45, 7) is 4.36. The lowest BCUT2D eigenvalue weighted by Gasteiger charge is -2.16. The van der Waals surface area contributed by atoms with Crippen LogP contribution in [0.25, 0.3) is 0 Å². The average Bonchev–Trinajstić information content (AvgIpc) is 2.82. The van der Waals surface area contributed by atoms with E-state index in [1.807, 2.05) is 0 Å². The molecule has 90 valence electrons. The predicted molar refractivity (Wildman–Crippen MR) is 69.1 cm³/mol. The lowest BCUT2D eigenvalue weighted by atomic mass is 9.85. The van der Waals surface area contributed by atoms with E-state index in [1.54, 1.807) is 0 Å². The van der Waals surface area contributed by atoms with Gasteiger partial charge < -0.3 is 5.32 Å². The lowest BCUT2D eigenvalue weighted by molar-refractivity contribution is -0.118. The predicted octanol–water partition coefficient (Wildman–Crippen LogP) is 3.47. The number of benzene rings is 1. The van der Waals surface area contributed by atoms with Crippen molar-refractivity contribution < 1.29 is 4.79 Å². The summed E-state index contributed by atoms with van der Waals surface area (Å²) in [5.74, 6) is 1.65. The van der Waals surface area contributed by atoms with Crippen molar-refractivity contribution >= 4 is 11.6 Å². The van der Waals surface area contributed by atoms with Crippen molar-refractivity contribution in [3.8, 4) is 0 Å². The van der Waals surface area contributed by atoms with Gasteiger partial charge in [-0.05, 0) is 42.7 Å². The number of nitrogens with one attached hydrogen (secondary N) is 1. The molecule has 1 aromatic carbocycles. The SMILES string of the molecule is Cc1cccc2c1NC(=O)C2C1CCC(C)C1. The van der Waals surface area contributed by atoms with E-state index in [9.17, 15) is 4.79 Å². The molecule has 2 aliphatic rings. The third-order valence-electron chi connectivity index (χ3n) is 4.38. The van der Waals surface area contributed by atoms with Crippen molar-refractivity contribution in [2.24, 2.45) is 11.8 Å². The zero-order valence-electron chi connectivity index (χ0n) is 10.5. The molecule has 3 unspecified atom stereocenters. The minimum atomic E-state index is 0.106. The van der Waals surface area contributed by atoms with Gasteiger partial charge in [0.1, 0.15) is 0 Å². The van der Waals surface area contributed by atoms with Crippen LogP contribution in [-0.4, -0.2) is 5.91 Å². The van der Waals surface area contributed by atoms with E-state index in [1.165, 1.54) is 30.4 Å². The first-order chi connectivity index (χ1) is 8.16. The maximum Gasteiger partial charge on any atom is 0.232 e. The molecule has 2 nitrogen and oxygen atoms in total. The summed E-state index contributed by atoms with van der Waals surface area (Å²) >= 11 is 0. The van der Waals surface area contributed by atoms with Crippen LogP contribution in [0, 0.1) is 18.8 Å². The lowest BCUT2D eigenvalue weighted by Crippen LogP contribution is -2.19. The van der Waals surface area contributed by atoms with Crippen LogP contribution in [-0.2, 0) is 4.79 Å². The molecule has 1 fully saturated rings. The fourth-order valence-electron chi connectivity index (χ4n) is 3.48. The fraction of sp³-hybridized carbons (Fsp3) is 0.533. The Morgan fingerprint density at radius 3 is 2.82 bits per heavy atom. The summed E-state index contributed by atoms with van der Waals surface area (Å²) in [5, 5.41) is 3.07. The second-order valence-electron chi connectivity index (χ2n) is 5.68. The molecule has 0 radical (unpaired) electrons. The van der Waals surface area contributed by atoms with E-state index in [0.717, 1.165) is 11.6 Å². The molecule has 17 heavy (non-hydrogen) atoms. The van der Waals surface area contributed by atoms with Gasteiger partial charge in [0.2, 0.25) is 5.91 Å². The zero-order valence-corrected chi connectivity index (χ0v) is 10.5. The molecule has 0 saturated heterocycles. The highest BCUT2D eigenvalue weighted by Crippen LogP contribution is 2.46. The number of carbonyl (C=O) groups excluding carboxylic acids is 1. The van der Waals surface area contributed by atoms with Crippen LogP contribution >= 0.6 is 0 Å². The molecule has 1 N–H and O–H groups in total. The van der Waals surface area contributed by atoms with Crippen molar-refractivity contribution in [3.63, 3.8) is 0 Å². The third kappa shape index (κ3) is 1.67. The van der Waals surface area contributed by atoms with E-state index >= 15 is 0 Å². The van der Waals surface area contributed by atoms with Gasteiger partial charge in [0, 0.05) is 5.69 Å². The number of amides is 1. The second-order valence-corrected chi connectivity index (χ2v) is 5.68. The van der Waals surface area contributed by atoms with E-state index in [0.29, 0.717) is 5.92 Å². The first-order valence-electron chi connectivity index (χ1n) is 6.57. The van der Waals surface area contributed by atoms with Gasteiger partial charge in [0.25, 0.3) is 0 Å². The van der Waals surface area contributed by atoms with Crippen molar-refractivity contribution in [1.82, 2.24) is 0 Å². The van der Waals surface area contributed by atoms with Crippen LogP contribution in [0.3, 0.4) is 0 Å².